The molecule has 0 spiro atoms. The normalized spacial score (nSPS) is 16.7. The Kier molecular flexibility index (Phi) is 5.77. The van der Waals surface area contributed by atoms with Crippen LogP contribution in [0, 0.1) is 6.92 Å². The topological polar surface area (TPSA) is 37.7 Å². The molecule has 32 heavy (non-hydrogen) atoms. The number of ether oxygens (including phenoxy) is 1. The lowest BCUT2D eigenvalue weighted by Crippen LogP contribution is -2.34. The zero-order valence-corrected chi connectivity index (χ0v) is 18.1. The van der Waals surface area contributed by atoms with Crippen LogP contribution in [-0.4, -0.2) is 10.8 Å². The van der Waals surface area contributed by atoms with Crippen LogP contribution in [0.5, 0.6) is 0 Å². The lowest BCUT2D eigenvalue weighted by molar-refractivity contribution is 0.0433. The molecule has 3 aromatic carbocycles. The van der Waals surface area contributed by atoms with E-state index in [0.29, 0.717) is 13.0 Å². The molecule has 1 aliphatic rings. The van der Waals surface area contributed by atoms with Gasteiger partial charge in [0.05, 0.1) is 24.1 Å². The Hall–Kier alpha value is -3.76. The van der Waals surface area contributed by atoms with E-state index in [4.69, 9.17) is 9.73 Å². The number of anilines is 2. The fourth-order valence-corrected chi connectivity index (χ4v) is 4.04. The van der Waals surface area contributed by atoms with Crippen LogP contribution < -0.4 is 4.90 Å². The summed E-state index contributed by atoms with van der Waals surface area (Å²) in [5, 5.41) is 0. The number of benzene rings is 3. The predicted octanol–water partition coefficient (Wildman–Crippen LogP) is 6.92. The minimum atomic E-state index is -0.124. The van der Waals surface area contributed by atoms with E-state index in [9.17, 15) is 0 Å². The Morgan fingerprint density at radius 3 is 2.28 bits per heavy atom. The second-order valence-corrected chi connectivity index (χ2v) is 7.91. The van der Waals surface area contributed by atoms with Gasteiger partial charge in [-0.3, -0.25) is 9.88 Å². The maximum atomic E-state index is 6.44. The summed E-state index contributed by atoms with van der Waals surface area (Å²) in [6.45, 7) is 2.56. The van der Waals surface area contributed by atoms with Gasteiger partial charge in [0.2, 0.25) is 0 Å². The molecule has 0 radical (unpaired) electrons. The van der Waals surface area contributed by atoms with Crippen LogP contribution in [0.15, 0.2) is 108 Å². The Morgan fingerprint density at radius 2 is 1.56 bits per heavy atom. The highest BCUT2D eigenvalue weighted by Crippen LogP contribution is 2.42. The average Bonchev–Trinajstić information content (AvgIpc) is 2.84. The van der Waals surface area contributed by atoms with E-state index in [-0.39, 0.29) is 6.10 Å². The number of fused-ring (bicyclic) bond motifs is 1. The van der Waals surface area contributed by atoms with Crippen molar-refractivity contribution in [1.29, 1.82) is 0 Å². The molecule has 0 amide bonds. The second-order valence-electron chi connectivity index (χ2n) is 7.91. The number of pyridine rings is 1. The largest absolute Gasteiger partial charge is 0.368 e. The van der Waals surface area contributed by atoms with Gasteiger partial charge in [-0.15, -0.1) is 0 Å². The van der Waals surface area contributed by atoms with Crippen molar-refractivity contribution >= 4 is 22.9 Å². The third-order valence-electron chi connectivity index (χ3n) is 5.59. The minimum Gasteiger partial charge on any atom is -0.368 e. The van der Waals surface area contributed by atoms with Crippen LogP contribution >= 0.6 is 0 Å². The molecule has 0 bridgehead atoms. The number of aliphatic imine (C=N–C) groups is 1. The lowest BCUT2D eigenvalue weighted by atomic mass is 9.98. The Labute approximate surface area is 188 Å². The van der Waals surface area contributed by atoms with Crippen molar-refractivity contribution in [2.75, 3.05) is 4.90 Å². The molecule has 1 atom stereocenters. The van der Waals surface area contributed by atoms with Crippen molar-refractivity contribution in [2.45, 2.75) is 26.1 Å². The minimum absolute atomic E-state index is 0.124. The van der Waals surface area contributed by atoms with E-state index < -0.39 is 0 Å². The number of rotatable bonds is 5. The van der Waals surface area contributed by atoms with Crippen LogP contribution in [-0.2, 0) is 11.3 Å². The number of aryl methyl sites for hydroxylation is 1. The number of aromatic nitrogens is 1. The lowest BCUT2D eigenvalue weighted by Gasteiger charge is -2.36. The molecule has 0 aliphatic carbocycles. The van der Waals surface area contributed by atoms with E-state index in [0.717, 1.165) is 39.7 Å². The van der Waals surface area contributed by atoms with Gasteiger partial charge in [-0.05, 0) is 42.8 Å². The molecule has 0 saturated carbocycles. The second kappa shape index (κ2) is 9.16. The molecule has 5 rings (SSSR count). The molecule has 158 valence electrons. The molecule has 2 heterocycles. The van der Waals surface area contributed by atoms with Crippen molar-refractivity contribution in [1.82, 2.24) is 4.98 Å². The Balaban J connectivity index is 1.59. The number of hydrogen-bond acceptors (Lipinski definition) is 3. The van der Waals surface area contributed by atoms with Gasteiger partial charge in [0.1, 0.15) is 5.84 Å². The maximum absolute atomic E-state index is 6.44. The molecule has 0 saturated heterocycles. The first-order valence-corrected chi connectivity index (χ1v) is 10.9. The highest BCUT2D eigenvalue weighted by molar-refractivity contribution is 6.07. The summed E-state index contributed by atoms with van der Waals surface area (Å²) in [7, 11) is 0. The summed E-state index contributed by atoms with van der Waals surface area (Å²) < 4.78 is 6.44. The number of hydrogen-bond donors (Lipinski definition) is 0. The van der Waals surface area contributed by atoms with Crippen LogP contribution in [0.2, 0.25) is 0 Å². The Bertz CT molecular complexity index is 1210. The van der Waals surface area contributed by atoms with Crippen molar-refractivity contribution < 1.29 is 4.74 Å². The molecular weight excluding hydrogens is 394 g/mol. The van der Waals surface area contributed by atoms with E-state index >= 15 is 0 Å². The molecule has 0 N–H and O–H groups in total. The monoisotopic (exact) mass is 419 g/mol. The molecular formula is C28H25N3O. The van der Waals surface area contributed by atoms with Crippen molar-refractivity contribution in [3.63, 3.8) is 0 Å². The SMILES string of the molecule is Cc1cc2c(cn1)C(OCc1ccccc1)CC(=Nc1ccccc1)N2c1ccccc1. The summed E-state index contributed by atoms with van der Waals surface area (Å²) in [4.78, 5) is 11.9. The molecule has 1 unspecified atom stereocenters. The highest BCUT2D eigenvalue weighted by atomic mass is 16.5. The van der Waals surface area contributed by atoms with Gasteiger partial charge < -0.3 is 4.74 Å². The van der Waals surface area contributed by atoms with Crippen molar-refractivity contribution in [3.05, 3.63) is 120 Å². The summed E-state index contributed by atoms with van der Waals surface area (Å²) in [5.41, 5.74) is 6.29. The average molecular weight is 420 g/mol. The zero-order chi connectivity index (χ0) is 21.8. The molecule has 1 aromatic heterocycles. The van der Waals surface area contributed by atoms with Crippen LogP contribution in [0.4, 0.5) is 17.1 Å². The summed E-state index contributed by atoms with van der Waals surface area (Å²) >= 11 is 0. The number of amidine groups is 1. The first-order valence-electron chi connectivity index (χ1n) is 10.9. The van der Waals surface area contributed by atoms with Gasteiger partial charge in [0.15, 0.2) is 0 Å². The van der Waals surface area contributed by atoms with Gasteiger partial charge in [-0.1, -0.05) is 66.7 Å². The van der Waals surface area contributed by atoms with Crippen LogP contribution in [0.1, 0.15) is 29.3 Å². The molecule has 4 heteroatoms. The van der Waals surface area contributed by atoms with Gasteiger partial charge >= 0.3 is 0 Å². The smallest absolute Gasteiger partial charge is 0.117 e. The van der Waals surface area contributed by atoms with Gasteiger partial charge in [0, 0.05) is 29.6 Å². The summed E-state index contributed by atoms with van der Waals surface area (Å²) in [6.07, 6.45) is 2.49. The summed E-state index contributed by atoms with van der Waals surface area (Å²) in [5.74, 6) is 0.957. The molecule has 0 fully saturated rings. The molecule has 4 nitrogen and oxygen atoms in total. The first-order chi connectivity index (χ1) is 15.8. The van der Waals surface area contributed by atoms with Crippen LogP contribution in [0.3, 0.4) is 0 Å². The van der Waals surface area contributed by atoms with Gasteiger partial charge in [-0.2, -0.15) is 0 Å². The summed E-state index contributed by atoms with van der Waals surface area (Å²) in [6, 6.07) is 32.9. The number of para-hydroxylation sites is 2. The van der Waals surface area contributed by atoms with Gasteiger partial charge in [0.25, 0.3) is 0 Å². The highest BCUT2D eigenvalue weighted by Gasteiger charge is 2.32. The zero-order valence-electron chi connectivity index (χ0n) is 18.1. The molecule has 4 aromatic rings. The maximum Gasteiger partial charge on any atom is 0.117 e. The third kappa shape index (κ3) is 4.32. The first kappa shape index (κ1) is 20.2. The van der Waals surface area contributed by atoms with E-state index in [1.807, 2.05) is 67.7 Å². The van der Waals surface area contributed by atoms with E-state index in [2.05, 4.69) is 52.3 Å². The predicted molar refractivity (Wildman–Crippen MR) is 130 cm³/mol. The third-order valence-corrected chi connectivity index (χ3v) is 5.59. The quantitative estimate of drug-likeness (QED) is 0.352. The van der Waals surface area contributed by atoms with E-state index in [1.165, 1.54) is 0 Å². The number of nitrogens with zero attached hydrogens (tertiary/aromatic N) is 3. The Morgan fingerprint density at radius 1 is 0.906 bits per heavy atom. The van der Waals surface area contributed by atoms with E-state index in [1.54, 1.807) is 0 Å². The van der Waals surface area contributed by atoms with Gasteiger partial charge in [-0.25, -0.2) is 4.99 Å². The van der Waals surface area contributed by atoms with Crippen molar-refractivity contribution in [3.8, 4) is 0 Å². The molecule has 1 aliphatic heterocycles. The van der Waals surface area contributed by atoms with Crippen molar-refractivity contribution in [2.24, 2.45) is 4.99 Å². The van der Waals surface area contributed by atoms with Crippen LogP contribution in [0.25, 0.3) is 0 Å². The fraction of sp³-hybridized carbons (Fsp3) is 0.143. The fourth-order valence-electron chi connectivity index (χ4n) is 4.04. The standard InChI is InChI=1S/C28H25N3O/c1-21-17-26-25(19-29-21)27(32-20-22-11-5-2-6-12-22)18-28(30-23-13-7-3-8-14-23)31(26)24-15-9-4-10-16-24/h2-17,19,27H,18,20H2,1H3.